The molecule has 0 aliphatic carbocycles. The lowest BCUT2D eigenvalue weighted by atomic mass is 10.2. The van der Waals surface area contributed by atoms with Crippen molar-refractivity contribution in [2.45, 2.75) is 6.23 Å². The zero-order valence-corrected chi connectivity index (χ0v) is 8.08. The van der Waals surface area contributed by atoms with E-state index in [1.165, 1.54) is 11.3 Å². The number of fused-ring (bicyclic) bond motifs is 1. The van der Waals surface area contributed by atoms with E-state index < -0.39 is 6.23 Å². The molecule has 0 saturated heterocycles. The summed E-state index contributed by atoms with van der Waals surface area (Å²) in [5.41, 5.74) is 8.10. The lowest BCUT2D eigenvalue weighted by molar-refractivity contribution is 0.00294. The summed E-state index contributed by atoms with van der Waals surface area (Å²) in [6.45, 7) is 0. The van der Waals surface area contributed by atoms with Crippen LogP contribution in [0.5, 0.6) is 0 Å². The minimum Gasteiger partial charge on any atom is -0.399 e. The Morgan fingerprint density at radius 1 is 1.36 bits per heavy atom. The van der Waals surface area contributed by atoms with Gasteiger partial charge in [0, 0.05) is 10.4 Å². The van der Waals surface area contributed by atoms with Crippen molar-refractivity contribution in [3.05, 3.63) is 29.1 Å². The van der Waals surface area contributed by atoms with Crippen LogP contribution in [0.25, 0.3) is 10.1 Å². The van der Waals surface area contributed by atoms with Crippen molar-refractivity contribution in [2.75, 3.05) is 5.73 Å². The van der Waals surface area contributed by atoms with Crippen molar-refractivity contribution in [2.24, 2.45) is 0 Å². The van der Waals surface area contributed by atoms with Crippen molar-refractivity contribution < 1.29 is 10.3 Å². The first-order chi connectivity index (χ1) is 6.70. The summed E-state index contributed by atoms with van der Waals surface area (Å²) in [4.78, 5) is 0.660. The second-order valence-corrected chi connectivity index (χ2v) is 4.09. The topological polar surface area (TPSA) is 78.5 Å². The number of benzene rings is 1. The van der Waals surface area contributed by atoms with Gasteiger partial charge in [0.2, 0.25) is 0 Å². The Labute approximate surface area is 84.6 Å². The van der Waals surface area contributed by atoms with E-state index in [-0.39, 0.29) is 0 Å². The van der Waals surface area contributed by atoms with E-state index in [1.807, 2.05) is 12.1 Å². The van der Waals surface area contributed by atoms with Crippen molar-refractivity contribution in [3.63, 3.8) is 0 Å². The summed E-state index contributed by atoms with van der Waals surface area (Å²) in [5, 5.41) is 18.8. The molecule has 14 heavy (non-hydrogen) atoms. The van der Waals surface area contributed by atoms with Crippen LogP contribution >= 0.6 is 11.3 Å². The second kappa shape index (κ2) is 3.55. The lowest BCUT2D eigenvalue weighted by Gasteiger charge is -2.02. The molecule has 74 valence electrons. The van der Waals surface area contributed by atoms with E-state index in [9.17, 15) is 5.11 Å². The molecule has 0 aliphatic rings. The van der Waals surface area contributed by atoms with Crippen LogP contribution in [0.2, 0.25) is 0 Å². The molecule has 4 nitrogen and oxygen atoms in total. The third-order valence-electron chi connectivity index (χ3n) is 1.95. The smallest absolute Gasteiger partial charge is 0.161 e. The first-order valence-corrected chi connectivity index (χ1v) is 4.89. The molecule has 2 rings (SSSR count). The average molecular weight is 210 g/mol. The van der Waals surface area contributed by atoms with E-state index in [1.54, 1.807) is 17.6 Å². The molecule has 0 spiro atoms. The molecule has 0 bridgehead atoms. The fraction of sp³-hybridized carbons (Fsp3) is 0.111. The zero-order valence-electron chi connectivity index (χ0n) is 7.27. The van der Waals surface area contributed by atoms with E-state index in [0.717, 1.165) is 10.1 Å². The highest BCUT2D eigenvalue weighted by molar-refractivity contribution is 7.19. The molecule has 5 N–H and O–H groups in total. The van der Waals surface area contributed by atoms with Gasteiger partial charge in [0.15, 0.2) is 6.23 Å². The molecule has 1 aromatic carbocycles. The first-order valence-electron chi connectivity index (χ1n) is 4.07. The maximum absolute atomic E-state index is 9.32. The summed E-state index contributed by atoms with van der Waals surface area (Å²) in [6, 6.07) is 7.33. The fourth-order valence-electron chi connectivity index (χ4n) is 1.28. The molecule has 1 aromatic heterocycles. The molecule has 1 unspecified atom stereocenters. The molecule has 0 amide bonds. The van der Waals surface area contributed by atoms with E-state index in [0.29, 0.717) is 10.6 Å². The largest absolute Gasteiger partial charge is 0.399 e. The van der Waals surface area contributed by atoms with E-state index in [4.69, 9.17) is 10.9 Å². The van der Waals surface area contributed by atoms with Crippen LogP contribution in [-0.2, 0) is 0 Å². The van der Waals surface area contributed by atoms with Crippen LogP contribution < -0.4 is 11.2 Å². The van der Waals surface area contributed by atoms with E-state index >= 15 is 0 Å². The molecule has 2 aromatic rings. The van der Waals surface area contributed by atoms with Gasteiger partial charge < -0.3 is 16.0 Å². The highest BCUT2D eigenvalue weighted by Crippen LogP contribution is 2.29. The van der Waals surface area contributed by atoms with Gasteiger partial charge in [0.1, 0.15) is 0 Å². The van der Waals surface area contributed by atoms with Crippen LogP contribution in [0.3, 0.4) is 0 Å². The SMILES string of the molecule is Nc1ccc2sc(C(O)NO)cc2c1. The molecule has 0 saturated carbocycles. The Morgan fingerprint density at radius 2 is 2.14 bits per heavy atom. The molecule has 1 atom stereocenters. The number of nitrogen functional groups attached to an aromatic ring is 1. The number of nitrogens with two attached hydrogens (primary N) is 1. The summed E-state index contributed by atoms with van der Waals surface area (Å²) in [5.74, 6) is 0. The quantitative estimate of drug-likeness (QED) is 0.344. The Hall–Kier alpha value is -1.14. The molecule has 0 radical (unpaired) electrons. The number of aliphatic hydroxyl groups excluding tert-OH is 1. The molecule has 0 fully saturated rings. The summed E-state index contributed by atoms with van der Waals surface area (Å²) < 4.78 is 1.03. The summed E-state index contributed by atoms with van der Waals surface area (Å²) in [7, 11) is 0. The normalized spacial score (nSPS) is 13.3. The minimum atomic E-state index is -1.03. The lowest BCUT2D eigenvalue weighted by Crippen LogP contribution is -2.14. The predicted molar refractivity (Wildman–Crippen MR) is 56.1 cm³/mol. The van der Waals surface area contributed by atoms with Gasteiger partial charge in [-0.25, -0.2) is 0 Å². The molecule has 5 heteroatoms. The second-order valence-electron chi connectivity index (χ2n) is 2.98. The Kier molecular flexibility index (Phi) is 2.39. The van der Waals surface area contributed by atoms with Gasteiger partial charge in [-0.15, -0.1) is 11.3 Å². The van der Waals surface area contributed by atoms with Crippen LogP contribution in [0, 0.1) is 0 Å². The van der Waals surface area contributed by atoms with Crippen molar-refractivity contribution in [3.8, 4) is 0 Å². The predicted octanol–water partition coefficient (Wildman–Crippen LogP) is 1.45. The average Bonchev–Trinajstić information content (AvgIpc) is 2.59. The summed E-state index contributed by atoms with van der Waals surface area (Å²) in [6.07, 6.45) is -1.03. The third kappa shape index (κ3) is 1.58. The fourth-order valence-corrected chi connectivity index (χ4v) is 2.26. The standard InChI is InChI=1S/C9H10N2O2S/c10-6-1-2-7-5(3-6)4-8(14-7)9(12)11-13/h1-4,9,11-13H,10H2. The highest BCUT2D eigenvalue weighted by Gasteiger charge is 2.09. The monoisotopic (exact) mass is 210 g/mol. The molecule has 0 aliphatic heterocycles. The number of aliphatic hydroxyl groups is 1. The minimum absolute atomic E-state index is 0.660. The van der Waals surface area contributed by atoms with Gasteiger partial charge >= 0.3 is 0 Å². The first kappa shape index (κ1) is 9.42. The number of thiophene rings is 1. The number of anilines is 1. The van der Waals surface area contributed by atoms with Crippen LogP contribution in [0.4, 0.5) is 5.69 Å². The van der Waals surface area contributed by atoms with E-state index in [2.05, 4.69) is 0 Å². The Morgan fingerprint density at radius 3 is 2.86 bits per heavy atom. The third-order valence-corrected chi connectivity index (χ3v) is 3.12. The van der Waals surface area contributed by atoms with Crippen LogP contribution in [0.1, 0.15) is 11.1 Å². The molecule has 1 heterocycles. The molecular weight excluding hydrogens is 200 g/mol. The highest BCUT2D eigenvalue weighted by atomic mass is 32.1. The Bertz CT molecular complexity index is 455. The van der Waals surface area contributed by atoms with Gasteiger partial charge in [-0.05, 0) is 29.7 Å². The van der Waals surface area contributed by atoms with Gasteiger partial charge in [-0.3, -0.25) is 0 Å². The van der Waals surface area contributed by atoms with Crippen LogP contribution in [0.15, 0.2) is 24.3 Å². The maximum Gasteiger partial charge on any atom is 0.161 e. The summed E-state index contributed by atoms with van der Waals surface area (Å²) >= 11 is 1.41. The van der Waals surface area contributed by atoms with Gasteiger partial charge in [0.25, 0.3) is 0 Å². The van der Waals surface area contributed by atoms with Crippen molar-refractivity contribution >= 4 is 27.1 Å². The van der Waals surface area contributed by atoms with Crippen molar-refractivity contribution in [1.82, 2.24) is 5.48 Å². The zero-order chi connectivity index (χ0) is 10.1. The van der Waals surface area contributed by atoms with Gasteiger partial charge in [-0.2, -0.15) is 5.48 Å². The van der Waals surface area contributed by atoms with Crippen LogP contribution in [-0.4, -0.2) is 10.3 Å². The number of nitrogens with one attached hydrogen (secondary N) is 1. The van der Waals surface area contributed by atoms with Gasteiger partial charge in [0.05, 0.1) is 4.88 Å². The number of hydrogen-bond acceptors (Lipinski definition) is 5. The maximum atomic E-state index is 9.32. The number of hydroxylamine groups is 1. The number of rotatable bonds is 2. The van der Waals surface area contributed by atoms with Gasteiger partial charge in [-0.1, -0.05) is 0 Å². The Balaban J connectivity index is 2.51. The number of hydrogen-bond donors (Lipinski definition) is 4. The van der Waals surface area contributed by atoms with Crippen molar-refractivity contribution in [1.29, 1.82) is 0 Å². The molecular formula is C9H10N2O2S.